The topological polar surface area (TPSA) is 12.0 Å². The molecule has 0 aliphatic heterocycles. The third-order valence-corrected chi connectivity index (χ3v) is 4.46. The van der Waals surface area contributed by atoms with Crippen LogP contribution in [-0.2, 0) is 6.54 Å². The summed E-state index contributed by atoms with van der Waals surface area (Å²) < 4.78 is 1.23. The van der Waals surface area contributed by atoms with Gasteiger partial charge >= 0.3 is 0 Å². The lowest BCUT2D eigenvalue weighted by Gasteiger charge is -2.25. The molecule has 1 aliphatic carbocycles. The highest BCUT2D eigenvalue weighted by atomic mass is 79.9. The normalized spacial score (nSPS) is 16.9. The Labute approximate surface area is 98.0 Å². The molecule has 1 N–H and O–H groups in total. The summed E-state index contributed by atoms with van der Waals surface area (Å²) in [5.74, 6) is 1.02. The monoisotopic (exact) mass is 273 g/mol. The van der Waals surface area contributed by atoms with E-state index in [1.54, 1.807) is 11.3 Å². The molecule has 3 heteroatoms. The van der Waals surface area contributed by atoms with Crippen LogP contribution in [0.3, 0.4) is 0 Å². The van der Waals surface area contributed by atoms with Crippen LogP contribution in [0, 0.1) is 5.92 Å². The van der Waals surface area contributed by atoms with Crippen molar-refractivity contribution in [3.63, 3.8) is 0 Å². The van der Waals surface area contributed by atoms with E-state index < -0.39 is 0 Å². The Morgan fingerprint density at radius 2 is 2.36 bits per heavy atom. The van der Waals surface area contributed by atoms with E-state index in [1.165, 1.54) is 41.6 Å². The summed E-state index contributed by atoms with van der Waals surface area (Å²) in [7, 11) is 0. The third kappa shape index (κ3) is 3.07. The summed E-state index contributed by atoms with van der Waals surface area (Å²) in [5, 5.41) is 5.71. The van der Waals surface area contributed by atoms with Crippen molar-refractivity contribution in [2.45, 2.75) is 32.2 Å². The number of halogens is 1. The maximum absolute atomic E-state index is 3.50. The lowest BCUT2D eigenvalue weighted by atomic mass is 9.83. The molecule has 0 saturated heterocycles. The fraction of sp³-hybridized carbons (Fsp3) is 0.636. The zero-order chi connectivity index (χ0) is 9.80. The van der Waals surface area contributed by atoms with E-state index >= 15 is 0 Å². The Bertz CT molecular complexity index is 281. The van der Waals surface area contributed by atoms with Gasteiger partial charge in [-0.05, 0) is 51.8 Å². The van der Waals surface area contributed by atoms with Crippen LogP contribution in [0.1, 0.15) is 31.2 Å². The van der Waals surface area contributed by atoms with Crippen molar-refractivity contribution in [2.24, 2.45) is 5.92 Å². The Hall–Kier alpha value is 0.140. The molecule has 0 unspecified atom stereocenters. The molecule has 0 spiro atoms. The summed E-state index contributed by atoms with van der Waals surface area (Å²) in [4.78, 5) is 0. The second-order valence-corrected chi connectivity index (χ2v) is 6.31. The first-order chi connectivity index (χ1) is 6.84. The quantitative estimate of drug-likeness (QED) is 0.805. The minimum absolute atomic E-state index is 1.02. The first-order valence-corrected chi connectivity index (χ1v) is 6.95. The molecule has 0 bridgehead atoms. The molecule has 0 radical (unpaired) electrons. The highest BCUT2D eigenvalue weighted by molar-refractivity contribution is 9.11. The van der Waals surface area contributed by atoms with E-state index in [2.05, 4.69) is 32.7 Å². The Balaban J connectivity index is 1.58. The number of rotatable bonds is 5. The molecule has 2 rings (SSSR count). The maximum atomic E-state index is 3.50. The number of nitrogens with one attached hydrogen (secondary N) is 1. The molecule has 0 amide bonds. The van der Waals surface area contributed by atoms with E-state index in [4.69, 9.17) is 0 Å². The van der Waals surface area contributed by atoms with Gasteiger partial charge in [0.2, 0.25) is 0 Å². The van der Waals surface area contributed by atoms with Gasteiger partial charge in [-0.2, -0.15) is 0 Å². The summed E-state index contributed by atoms with van der Waals surface area (Å²) in [6.07, 6.45) is 5.75. The van der Waals surface area contributed by atoms with E-state index in [1.807, 2.05) is 0 Å². The van der Waals surface area contributed by atoms with Crippen LogP contribution >= 0.6 is 27.3 Å². The van der Waals surface area contributed by atoms with Crippen LogP contribution in [-0.4, -0.2) is 6.54 Å². The standard InChI is InChI=1S/C11H16BrNS/c12-11-6-10(8-14-11)7-13-5-4-9-2-1-3-9/h6,8-9,13H,1-5,7H2. The predicted octanol–water partition coefficient (Wildman–Crippen LogP) is 3.79. The Kier molecular flexibility index (Phi) is 4.02. The highest BCUT2D eigenvalue weighted by Gasteiger charge is 2.15. The second kappa shape index (κ2) is 5.29. The van der Waals surface area contributed by atoms with Crippen molar-refractivity contribution in [2.75, 3.05) is 6.54 Å². The third-order valence-electron chi connectivity index (χ3n) is 2.90. The average molecular weight is 274 g/mol. The van der Waals surface area contributed by atoms with Crippen LogP contribution < -0.4 is 5.32 Å². The molecular formula is C11H16BrNS. The van der Waals surface area contributed by atoms with Crippen LogP contribution in [0.2, 0.25) is 0 Å². The lowest BCUT2D eigenvalue weighted by molar-refractivity contribution is 0.292. The number of hydrogen-bond donors (Lipinski definition) is 1. The zero-order valence-corrected chi connectivity index (χ0v) is 10.7. The summed E-state index contributed by atoms with van der Waals surface area (Å²) in [6.45, 7) is 2.20. The van der Waals surface area contributed by atoms with Gasteiger partial charge in [-0.25, -0.2) is 0 Å². The average Bonchev–Trinajstić information content (AvgIpc) is 2.48. The molecule has 14 heavy (non-hydrogen) atoms. The Morgan fingerprint density at radius 3 is 2.93 bits per heavy atom. The molecular weight excluding hydrogens is 258 g/mol. The van der Waals surface area contributed by atoms with Gasteiger partial charge in [0, 0.05) is 6.54 Å². The molecule has 1 nitrogen and oxygen atoms in total. The molecule has 1 saturated carbocycles. The van der Waals surface area contributed by atoms with Crippen molar-refractivity contribution in [3.05, 3.63) is 20.8 Å². The molecule has 1 heterocycles. The van der Waals surface area contributed by atoms with Crippen molar-refractivity contribution < 1.29 is 0 Å². The zero-order valence-electron chi connectivity index (χ0n) is 8.26. The van der Waals surface area contributed by atoms with Gasteiger partial charge < -0.3 is 5.32 Å². The Morgan fingerprint density at radius 1 is 1.50 bits per heavy atom. The molecule has 1 aliphatic rings. The largest absolute Gasteiger partial charge is 0.313 e. The van der Waals surface area contributed by atoms with Gasteiger partial charge in [-0.1, -0.05) is 19.3 Å². The van der Waals surface area contributed by atoms with Crippen LogP contribution in [0.25, 0.3) is 0 Å². The van der Waals surface area contributed by atoms with Gasteiger partial charge in [0.15, 0.2) is 0 Å². The summed E-state index contributed by atoms with van der Waals surface area (Å²) in [6, 6.07) is 2.20. The van der Waals surface area contributed by atoms with E-state index in [-0.39, 0.29) is 0 Å². The molecule has 1 aromatic heterocycles. The highest BCUT2D eigenvalue weighted by Crippen LogP contribution is 2.28. The van der Waals surface area contributed by atoms with Crippen molar-refractivity contribution in [1.29, 1.82) is 0 Å². The molecule has 1 aromatic rings. The summed E-state index contributed by atoms with van der Waals surface area (Å²) >= 11 is 5.24. The minimum atomic E-state index is 1.02. The number of thiophene rings is 1. The number of hydrogen-bond acceptors (Lipinski definition) is 2. The van der Waals surface area contributed by atoms with Crippen LogP contribution in [0.5, 0.6) is 0 Å². The predicted molar refractivity (Wildman–Crippen MR) is 65.7 cm³/mol. The van der Waals surface area contributed by atoms with E-state index in [0.29, 0.717) is 0 Å². The second-order valence-electron chi connectivity index (χ2n) is 4.02. The van der Waals surface area contributed by atoms with Crippen molar-refractivity contribution >= 4 is 27.3 Å². The first-order valence-electron chi connectivity index (χ1n) is 5.28. The van der Waals surface area contributed by atoms with Gasteiger partial charge in [0.25, 0.3) is 0 Å². The minimum Gasteiger partial charge on any atom is -0.313 e. The first kappa shape index (κ1) is 10.7. The van der Waals surface area contributed by atoms with Crippen LogP contribution in [0.15, 0.2) is 15.2 Å². The van der Waals surface area contributed by atoms with Gasteiger partial charge in [0.1, 0.15) is 0 Å². The lowest BCUT2D eigenvalue weighted by Crippen LogP contribution is -2.20. The maximum Gasteiger partial charge on any atom is 0.0701 e. The van der Waals surface area contributed by atoms with E-state index in [0.717, 1.165) is 12.5 Å². The molecule has 78 valence electrons. The van der Waals surface area contributed by atoms with Crippen molar-refractivity contribution in [3.8, 4) is 0 Å². The van der Waals surface area contributed by atoms with E-state index in [9.17, 15) is 0 Å². The van der Waals surface area contributed by atoms with Crippen molar-refractivity contribution in [1.82, 2.24) is 5.32 Å². The van der Waals surface area contributed by atoms with Gasteiger partial charge in [0.05, 0.1) is 3.79 Å². The molecule has 1 fully saturated rings. The SMILES string of the molecule is Brc1cc(CNCCC2CCC2)cs1. The fourth-order valence-corrected chi connectivity index (χ4v) is 2.97. The van der Waals surface area contributed by atoms with Gasteiger partial charge in [-0.15, -0.1) is 11.3 Å². The molecule has 0 aromatic carbocycles. The smallest absolute Gasteiger partial charge is 0.0701 e. The van der Waals surface area contributed by atoms with Gasteiger partial charge in [-0.3, -0.25) is 0 Å². The molecule has 0 atom stereocenters. The fourth-order valence-electron chi connectivity index (χ4n) is 1.76. The summed E-state index contributed by atoms with van der Waals surface area (Å²) in [5.41, 5.74) is 1.40. The van der Waals surface area contributed by atoms with Crippen LogP contribution in [0.4, 0.5) is 0 Å².